The predicted molar refractivity (Wildman–Crippen MR) is 136 cm³/mol. The summed E-state index contributed by atoms with van der Waals surface area (Å²) in [4.78, 5) is 20.7. The summed E-state index contributed by atoms with van der Waals surface area (Å²) < 4.78 is 7.82. The average molecular weight is 466 g/mol. The molecular formula is C27H27N7O. The Morgan fingerprint density at radius 1 is 1.03 bits per heavy atom. The van der Waals surface area contributed by atoms with Gasteiger partial charge in [-0.1, -0.05) is 36.4 Å². The van der Waals surface area contributed by atoms with Crippen LogP contribution in [0.4, 0.5) is 5.95 Å². The van der Waals surface area contributed by atoms with E-state index in [0.29, 0.717) is 5.95 Å². The number of benzene rings is 2. The van der Waals surface area contributed by atoms with Gasteiger partial charge >= 0.3 is 0 Å². The molecule has 4 heterocycles. The molecule has 6 rings (SSSR count). The Hall–Kier alpha value is -3.91. The molecular weight excluding hydrogens is 438 g/mol. The molecule has 8 heteroatoms. The van der Waals surface area contributed by atoms with E-state index in [1.54, 1.807) is 6.33 Å². The first-order valence-electron chi connectivity index (χ1n) is 12.0. The number of nitrogens with zero attached hydrogens (tertiary/aromatic N) is 7. The second-order valence-electron chi connectivity index (χ2n) is 9.01. The zero-order valence-corrected chi connectivity index (χ0v) is 19.9. The maximum atomic E-state index is 5.93. The van der Waals surface area contributed by atoms with Crippen molar-refractivity contribution in [1.29, 1.82) is 0 Å². The Bertz CT molecular complexity index is 1480. The van der Waals surface area contributed by atoms with Crippen molar-refractivity contribution in [2.24, 2.45) is 0 Å². The van der Waals surface area contributed by atoms with E-state index < -0.39 is 0 Å². The molecule has 0 N–H and O–H groups in total. The molecule has 0 amide bonds. The van der Waals surface area contributed by atoms with Crippen molar-refractivity contribution in [1.82, 2.24) is 29.7 Å². The number of anilines is 1. The minimum Gasteiger partial charge on any atom is -0.356 e. The van der Waals surface area contributed by atoms with Crippen LogP contribution in [-0.4, -0.2) is 43.4 Å². The van der Waals surface area contributed by atoms with E-state index in [4.69, 9.17) is 9.72 Å². The van der Waals surface area contributed by atoms with Crippen LogP contribution in [0.1, 0.15) is 44.0 Å². The fourth-order valence-corrected chi connectivity index (χ4v) is 4.69. The second-order valence-corrected chi connectivity index (χ2v) is 9.01. The molecule has 176 valence electrons. The van der Waals surface area contributed by atoms with Gasteiger partial charge < -0.3 is 9.64 Å². The number of fused-ring (bicyclic) bond motifs is 2. The van der Waals surface area contributed by atoms with Crippen LogP contribution in [0.25, 0.3) is 33.2 Å². The molecule has 1 saturated heterocycles. The van der Waals surface area contributed by atoms with Crippen LogP contribution in [0.2, 0.25) is 0 Å². The average Bonchev–Trinajstić information content (AvgIpc) is 3.37. The first-order chi connectivity index (χ1) is 17.2. The van der Waals surface area contributed by atoms with Gasteiger partial charge in [0.2, 0.25) is 5.95 Å². The Morgan fingerprint density at radius 3 is 2.74 bits per heavy atom. The van der Waals surface area contributed by atoms with Crippen molar-refractivity contribution in [2.45, 2.75) is 38.5 Å². The minimum atomic E-state index is -0.0670. The highest BCUT2D eigenvalue weighted by Crippen LogP contribution is 2.31. The van der Waals surface area contributed by atoms with Gasteiger partial charge in [-0.2, -0.15) is 5.10 Å². The summed E-state index contributed by atoms with van der Waals surface area (Å²) in [6.07, 6.45) is 8.43. The number of hydrogen-bond donors (Lipinski definition) is 0. The van der Waals surface area contributed by atoms with E-state index in [0.717, 1.165) is 59.1 Å². The summed E-state index contributed by atoms with van der Waals surface area (Å²) in [7, 11) is 2.03. The van der Waals surface area contributed by atoms with E-state index in [-0.39, 0.29) is 12.3 Å². The first kappa shape index (κ1) is 21.6. The third kappa shape index (κ3) is 4.00. The maximum absolute atomic E-state index is 5.93. The third-order valence-electron chi connectivity index (χ3n) is 6.84. The lowest BCUT2D eigenvalue weighted by molar-refractivity contribution is -0.0370. The lowest BCUT2D eigenvalue weighted by Crippen LogP contribution is -2.23. The molecule has 5 aromatic rings. The molecule has 0 aliphatic carbocycles. The van der Waals surface area contributed by atoms with E-state index in [1.807, 2.05) is 36.3 Å². The summed E-state index contributed by atoms with van der Waals surface area (Å²) in [5, 5.41) is 6.47. The second kappa shape index (κ2) is 9.03. The fourth-order valence-electron chi connectivity index (χ4n) is 4.69. The minimum absolute atomic E-state index is 0.0670. The largest absolute Gasteiger partial charge is 0.356 e. The van der Waals surface area contributed by atoms with Gasteiger partial charge in [-0.25, -0.2) is 24.6 Å². The molecule has 1 aliphatic rings. The molecule has 2 atom stereocenters. The molecule has 1 unspecified atom stereocenters. The Kier molecular flexibility index (Phi) is 5.58. The molecule has 35 heavy (non-hydrogen) atoms. The quantitative estimate of drug-likeness (QED) is 0.347. The van der Waals surface area contributed by atoms with Crippen molar-refractivity contribution in [3.8, 4) is 11.3 Å². The fraction of sp³-hybridized carbons (Fsp3) is 0.296. The van der Waals surface area contributed by atoms with Crippen molar-refractivity contribution in [3.63, 3.8) is 0 Å². The van der Waals surface area contributed by atoms with Crippen LogP contribution in [0.15, 0.2) is 67.3 Å². The lowest BCUT2D eigenvalue weighted by Gasteiger charge is -2.25. The van der Waals surface area contributed by atoms with Crippen LogP contribution in [0.5, 0.6) is 0 Å². The number of hydrogen-bond acceptors (Lipinski definition) is 7. The molecule has 0 bridgehead atoms. The van der Waals surface area contributed by atoms with Crippen molar-refractivity contribution in [2.75, 3.05) is 18.6 Å². The molecule has 1 fully saturated rings. The molecule has 3 aromatic heterocycles. The van der Waals surface area contributed by atoms with Gasteiger partial charge in [0.25, 0.3) is 0 Å². The smallest absolute Gasteiger partial charge is 0.226 e. The standard InChI is InChI=1S/C27H27N7O/c1-18(19-8-4-3-5-9-19)33(2)27-28-15-21-14-20(11-12-23(21)32-27)25-22-16-31-34(26(22)30-17-29-25)24-10-6-7-13-35-24/h3-5,8-9,11-12,14-18,24H,6-7,10,13H2,1-2H3/t18-,24?/m1/s1. The van der Waals surface area contributed by atoms with Gasteiger partial charge in [0.15, 0.2) is 11.9 Å². The van der Waals surface area contributed by atoms with E-state index in [9.17, 15) is 0 Å². The SMILES string of the molecule is C[C@H](c1ccccc1)N(C)c1ncc2cc(-c3ncnc4c3cnn4C3CCCCO3)ccc2n1. The van der Waals surface area contributed by atoms with Gasteiger partial charge in [0.05, 0.1) is 28.8 Å². The monoisotopic (exact) mass is 465 g/mol. The van der Waals surface area contributed by atoms with Crippen LogP contribution in [0, 0.1) is 0 Å². The van der Waals surface area contributed by atoms with Crippen molar-refractivity contribution >= 4 is 27.9 Å². The molecule has 0 radical (unpaired) electrons. The summed E-state index contributed by atoms with van der Waals surface area (Å²) >= 11 is 0. The molecule has 1 aliphatic heterocycles. The highest BCUT2D eigenvalue weighted by molar-refractivity contribution is 5.93. The predicted octanol–water partition coefficient (Wildman–Crippen LogP) is 5.33. The number of aromatic nitrogens is 6. The zero-order chi connectivity index (χ0) is 23.8. The van der Waals surface area contributed by atoms with Crippen molar-refractivity contribution in [3.05, 3.63) is 72.8 Å². The molecule has 2 aromatic carbocycles. The molecule has 8 nitrogen and oxygen atoms in total. The van der Waals surface area contributed by atoms with E-state index >= 15 is 0 Å². The Balaban J connectivity index is 1.32. The zero-order valence-electron chi connectivity index (χ0n) is 19.9. The van der Waals surface area contributed by atoms with E-state index in [1.165, 1.54) is 5.56 Å². The summed E-state index contributed by atoms with van der Waals surface area (Å²) in [5.74, 6) is 0.694. The number of rotatable bonds is 5. The Labute approximate surface area is 203 Å². The van der Waals surface area contributed by atoms with Gasteiger partial charge in [0, 0.05) is 30.8 Å². The van der Waals surface area contributed by atoms with Gasteiger partial charge in [-0.05, 0) is 43.9 Å². The van der Waals surface area contributed by atoms with Crippen molar-refractivity contribution < 1.29 is 4.74 Å². The van der Waals surface area contributed by atoms with Crippen LogP contribution < -0.4 is 4.90 Å². The highest BCUT2D eigenvalue weighted by Gasteiger charge is 2.21. The van der Waals surface area contributed by atoms with Gasteiger partial charge in [-0.15, -0.1) is 0 Å². The van der Waals surface area contributed by atoms with Crippen LogP contribution in [-0.2, 0) is 4.74 Å². The Morgan fingerprint density at radius 2 is 1.91 bits per heavy atom. The summed E-state index contributed by atoms with van der Waals surface area (Å²) in [6.45, 7) is 2.92. The molecule has 0 saturated carbocycles. The molecule has 0 spiro atoms. The van der Waals surface area contributed by atoms with Crippen LogP contribution >= 0.6 is 0 Å². The van der Waals surface area contributed by atoms with E-state index in [2.05, 4.69) is 68.3 Å². The normalized spacial score (nSPS) is 17.0. The van der Waals surface area contributed by atoms with Crippen LogP contribution in [0.3, 0.4) is 0 Å². The first-order valence-corrected chi connectivity index (χ1v) is 12.0. The number of ether oxygens (including phenoxy) is 1. The summed E-state index contributed by atoms with van der Waals surface area (Å²) in [6, 6.07) is 16.7. The van der Waals surface area contributed by atoms with Gasteiger partial charge in [-0.3, -0.25) is 0 Å². The highest BCUT2D eigenvalue weighted by atomic mass is 16.5. The maximum Gasteiger partial charge on any atom is 0.226 e. The van der Waals surface area contributed by atoms with Gasteiger partial charge in [0.1, 0.15) is 6.33 Å². The summed E-state index contributed by atoms with van der Waals surface area (Å²) in [5.41, 5.74) is 4.74. The lowest BCUT2D eigenvalue weighted by atomic mass is 10.1. The third-order valence-corrected chi connectivity index (χ3v) is 6.84. The topological polar surface area (TPSA) is 81.9 Å².